The predicted molar refractivity (Wildman–Crippen MR) is 94.2 cm³/mol. The summed E-state index contributed by atoms with van der Waals surface area (Å²) in [4.78, 5) is 15.1. The first kappa shape index (κ1) is 14.5. The monoisotopic (exact) mass is 324 g/mol. The summed E-state index contributed by atoms with van der Waals surface area (Å²) in [5.41, 5.74) is 4.87. The van der Waals surface area contributed by atoms with Crippen molar-refractivity contribution in [3.63, 3.8) is 0 Å². The van der Waals surface area contributed by atoms with Crippen LogP contribution >= 0.6 is 11.6 Å². The minimum Gasteiger partial charge on any atom is -0.303 e. The highest BCUT2D eigenvalue weighted by Gasteiger charge is 2.34. The van der Waals surface area contributed by atoms with Gasteiger partial charge in [0.1, 0.15) is 0 Å². The SMILES string of the molecule is CC(c1c2n(c3ccc(Cl)cc13)C(=O)c1ccccc1-2)N(C)C. The average molecular weight is 325 g/mol. The van der Waals surface area contributed by atoms with Crippen LogP contribution in [0.5, 0.6) is 0 Å². The van der Waals surface area contributed by atoms with Crippen molar-refractivity contribution in [2.75, 3.05) is 14.1 Å². The molecule has 0 radical (unpaired) electrons. The smallest absolute Gasteiger partial charge is 0.263 e. The van der Waals surface area contributed by atoms with Crippen molar-refractivity contribution in [2.45, 2.75) is 13.0 Å². The number of rotatable bonds is 2. The van der Waals surface area contributed by atoms with E-state index >= 15 is 0 Å². The Bertz CT molecular complexity index is 955. The summed E-state index contributed by atoms with van der Waals surface area (Å²) >= 11 is 6.23. The van der Waals surface area contributed by atoms with E-state index in [0.29, 0.717) is 5.02 Å². The van der Waals surface area contributed by atoms with Gasteiger partial charge in [-0.3, -0.25) is 9.36 Å². The quantitative estimate of drug-likeness (QED) is 0.539. The topological polar surface area (TPSA) is 25.2 Å². The lowest BCUT2D eigenvalue weighted by Crippen LogP contribution is -2.17. The molecule has 3 aromatic rings. The molecule has 4 rings (SSSR count). The Balaban J connectivity index is 2.17. The fourth-order valence-corrected chi connectivity index (χ4v) is 3.61. The summed E-state index contributed by atoms with van der Waals surface area (Å²) in [7, 11) is 4.10. The second kappa shape index (κ2) is 4.95. The summed E-state index contributed by atoms with van der Waals surface area (Å²) in [5, 5.41) is 1.74. The molecule has 2 heterocycles. The molecule has 1 atom stereocenters. The zero-order chi connectivity index (χ0) is 16.3. The molecule has 23 heavy (non-hydrogen) atoms. The fourth-order valence-electron chi connectivity index (χ4n) is 3.44. The van der Waals surface area contributed by atoms with Crippen molar-refractivity contribution in [1.29, 1.82) is 0 Å². The second-order valence-electron chi connectivity index (χ2n) is 6.25. The number of hydrogen-bond acceptors (Lipinski definition) is 2. The van der Waals surface area contributed by atoms with Crippen LogP contribution in [0.25, 0.3) is 22.2 Å². The Morgan fingerprint density at radius 1 is 1.09 bits per heavy atom. The number of carbonyl (C=O) groups is 1. The van der Waals surface area contributed by atoms with E-state index < -0.39 is 0 Å². The largest absolute Gasteiger partial charge is 0.303 e. The number of carbonyl (C=O) groups excluding carboxylic acids is 1. The Kier molecular flexibility index (Phi) is 3.12. The molecule has 116 valence electrons. The van der Waals surface area contributed by atoms with Gasteiger partial charge in [-0.2, -0.15) is 0 Å². The Morgan fingerprint density at radius 3 is 2.48 bits per heavy atom. The maximum absolute atomic E-state index is 12.9. The summed E-state index contributed by atoms with van der Waals surface area (Å²) in [6, 6.07) is 13.7. The van der Waals surface area contributed by atoms with E-state index in [1.165, 1.54) is 0 Å². The molecule has 0 saturated carbocycles. The van der Waals surface area contributed by atoms with Crippen LogP contribution in [0, 0.1) is 0 Å². The average Bonchev–Trinajstić information content (AvgIpc) is 3.00. The van der Waals surface area contributed by atoms with Gasteiger partial charge in [0, 0.05) is 33.1 Å². The van der Waals surface area contributed by atoms with Crippen molar-refractivity contribution >= 4 is 28.4 Å². The highest BCUT2D eigenvalue weighted by Crippen LogP contribution is 2.44. The maximum Gasteiger partial charge on any atom is 0.263 e. The van der Waals surface area contributed by atoms with Crippen molar-refractivity contribution in [2.24, 2.45) is 0 Å². The molecule has 0 aliphatic carbocycles. The Morgan fingerprint density at radius 2 is 1.78 bits per heavy atom. The van der Waals surface area contributed by atoms with Crippen molar-refractivity contribution in [1.82, 2.24) is 9.47 Å². The third kappa shape index (κ3) is 1.90. The molecule has 1 aromatic heterocycles. The van der Waals surface area contributed by atoms with E-state index in [4.69, 9.17) is 11.6 Å². The van der Waals surface area contributed by atoms with Crippen LogP contribution in [0.3, 0.4) is 0 Å². The van der Waals surface area contributed by atoms with E-state index in [1.54, 1.807) is 0 Å². The minimum atomic E-state index is 0.0418. The fraction of sp³-hybridized carbons (Fsp3) is 0.211. The lowest BCUT2D eigenvalue weighted by atomic mass is 9.97. The van der Waals surface area contributed by atoms with Gasteiger partial charge >= 0.3 is 0 Å². The first-order valence-corrected chi connectivity index (χ1v) is 8.03. The predicted octanol–water partition coefficient (Wildman–Crippen LogP) is 4.59. The molecule has 0 N–H and O–H groups in total. The molecule has 3 nitrogen and oxygen atoms in total. The normalized spacial score (nSPS) is 14.4. The van der Waals surface area contributed by atoms with Gasteiger partial charge in [0.15, 0.2) is 0 Å². The zero-order valence-electron chi connectivity index (χ0n) is 13.3. The number of fused-ring (bicyclic) bond motifs is 5. The molecule has 1 aliphatic heterocycles. The van der Waals surface area contributed by atoms with Crippen molar-refractivity contribution in [3.8, 4) is 11.3 Å². The van der Waals surface area contributed by atoms with E-state index in [9.17, 15) is 4.79 Å². The van der Waals surface area contributed by atoms with Crippen LogP contribution in [0.15, 0.2) is 42.5 Å². The lowest BCUT2D eigenvalue weighted by molar-refractivity contribution is 0.0973. The number of aromatic nitrogens is 1. The molecule has 0 bridgehead atoms. The first-order chi connectivity index (χ1) is 11.0. The zero-order valence-corrected chi connectivity index (χ0v) is 14.1. The van der Waals surface area contributed by atoms with Gasteiger partial charge in [0.05, 0.1) is 11.2 Å². The standard InChI is InChI=1S/C19H17ClN2O/c1-11(21(2)3)17-15-10-12(20)8-9-16(15)22-18(17)13-6-4-5-7-14(13)19(22)23/h4-11H,1-3H3. The number of benzene rings is 2. The third-order valence-electron chi connectivity index (χ3n) is 4.78. The van der Waals surface area contributed by atoms with Gasteiger partial charge in [0.25, 0.3) is 5.91 Å². The van der Waals surface area contributed by atoms with E-state index in [1.807, 2.05) is 61.1 Å². The highest BCUT2D eigenvalue weighted by atomic mass is 35.5. The molecule has 2 aromatic carbocycles. The molecule has 1 aliphatic rings. The van der Waals surface area contributed by atoms with Gasteiger partial charge < -0.3 is 4.90 Å². The van der Waals surface area contributed by atoms with Crippen LogP contribution in [-0.4, -0.2) is 29.5 Å². The molecule has 1 unspecified atom stereocenters. The van der Waals surface area contributed by atoms with Gasteiger partial charge in [-0.15, -0.1) is 0 Å². The molecule has 0 fully saturated rings. The lowest BCUT2D eigenvalue weighted by Gasteiger charge is -2.21. The van der Waals surface area contributed by atoms with Gasteiger partial charge in [-0.1, -0.05) is 29.8 Å². The number of nitrogens with zero attached hydrogens (tertiary/aromatic N) is 2. The summed E-state index contributed by atoms with van der Waals surface area (Å²) in [5.74, 6) is 0.0418. The molecule has 0 spiro atoms. The van der Waals surface area contributed by atoms with Crippen LogP contribution in [0.2, 0.25) is 5.02 Å². The molecular formula is C19H17ClN2O. The Hall–Kier alpha value is -2.10. The van der Waals surface area contributed by atoms with Gasteiger partial charge in [-0.05, 0) is 45.3 Å². The molecule has 4 heteroatoms. The molecule has 0 saturated heterocycles. The van der Waals surface area contributed by atoms with Crippen LogP contribution in [0.4, 0.5) is 0 Å². The van der Waals surface area contributed by atoms with E-state index in [-0.39, 0.29) is 11.9 Å². The van der Waals surface area contributed by atoms with Gasteiger partial charge in [0.2, 0.25) is 0 Å². The number of hydrogen-bond donors (Lipinski definition) is 0. The van der Waals surface area contributed by atoms with Crippen LogP contribution in [-0.2, 0) is 0 Å². The first-order valence-electron chi connectivity index (χ1n) is 7.65. The maximum atomic E-state index is 12.9. The second-order valence-corrected chi connectivity index (χ2v) is 6.69. The molecule has 0 amide bonds. The van der Waals surface area contributed by atoms with Gasteiger partial charge in [-0.25, -0.2) is 0 Å². The van der Waals surface area contributed by atoms with Crippen LogP contribution < -0.4 is 0 Å². The number of halogens is 1. The minimum absolute atomic E-state index is 0.0418. The molecular weight excluding hydrogens is 308 g/mol. The Labute approximate surface area is 140 Å². The van der Waals surface area contributed by atoms with Crippen molar-refractivity contribution in [3.05, 3.63) is 58.6 Å². The third-order valence-corrected chi connectivity index (χ3v) is 5.01. The van der Waals surface area contributed by atoms with Crippen LogP contribution in [0.1, 0.15) is 28.9 Å². The summed E-state index contributed by atoms with van der Waals surface area (Å²) in [6.45, 7) is 2.15. The summed E-state index contributed by atoms with van der Waals surface area (Å²) in [6.07, 6.45) is 0. The van der Waals surface area contributed by atoms with E-state index in [0.717, 1.165) is 33.3 Å². The van der Waals surface area contributed by atoms with E-state index in [2.05, 4.69) is 11.8 Å². The van der Waals surface area contributed by atoms with Crippen molar-refractivity contribution < 1.29 is 4.79 Å². The highest BCUT2D eigenvalue weighted by molar-refractivity contribution is 6.31. The summed E-state index contributed by atoms with van der Waals surface area (Å²) < 4.78 is 1.84.